The van der Waals surface area contributed by atoms with Crippen molar-refractivity contribution in [3.63, 3.8) is 0 Å². The first-order chi connectivity index (χ1) is 9.68. The molecule has 0 aromatic carbocycles. The van der Waals surface area contributed by atoms with Crippen LogP contribution in [-0.4, -0.2) is 5.84 Å². The van der Waals surface area contributed by atoms with Gasteiger partial charge in [0.15, 0.2) is 0 Å². The molecule has 0 atom stereocenters. The standard InChI is InChI=1S/C19H40N2/c1-6-18(2,3)16-19(4,5)15-13-11-9-7-8-10-12-14-17(20)21/h6-16H2,1-5H3,(H3,20,21). The number of amidine groups is 1. The third kappa shape index (κ3) is 12.9. The number of rotatable bonds is 13. The van der Waals surface area contributed by atoms with Crippen molar-refractivity contribution >= 4 is 5.84 Å². The zero-order valence-electron chi connectivity index (χ0n) is 15.4. The largest absolute Gasteiger partial charge is 0.388 e. The third-order valence-corrected chi connectivity index (χ3v) is 4.71. The molecule has 0 unspecified atom stereocenters. The molecule has 0 saturated heterocycles. The molecule has 0 saturated carbocycles. The van der Waals surface area contributed by atoms with Crippen molar-refractivity contribution in [3.8, 4) is 0 Å². The summed E-state index contributed by atoms with van der Waals surface area (Å²) in [6.45, 7) is 12.0. The van der Waals surface area contributed by atoms with E-state index in [1.54, 1.807) is 0 Å². The van der Waals surface area contributed by atoms with Gasteiger partial charge < -0.3 is 5.73 Å². The van der Waals surface area contributed by atoms with Gasteiger partial charge in [-0.05, 0) is 30.1 Å². The van der Waals surface area contributed by atoms with Crippen LogP contribution in [0.1, 0.15) is 105 Å². The Morgan fingerprint density at radius 1 is 0.810 bits per heavy atom. The minimum absolute atomic E-state index is 0.340. The Bertz CT molecular complexity index is 279. The smallest absolute Gasteiger partial charge is 0.0905 e. The number of nitrogens with one attached hydrogen (secondary N) is 1. The summed E-state index contributed by atoms with van der Waals surface area (Å²) in [6, 6.07) is 0. The first-order valence-electron chi connectivity index (χ1n) is 9.01. The van der Waals surface area contributed by atoms with Crippen molar-refractivity contribution in [3.05, 3.63) is 0 Å². The van der Waals surface area contributed by atoms with E-state index in [0.717, 1.165) is 12.8 Å². The average molecular weight is 297 g/mol. The molecule has 21 heavy (non-hydrogen) atoms. The van der Waals surface area contributed by atoms with Gasteiger partial charge in [0, 0.05) is 6.42 Å². The van der Waals surface area contributed by atoms with Crippen LogP contribution in [0.15, 0.2) is 0 Å². The van der Waals surface area contributed by atoms with Crippen molar-refractivity contribution < 1.29 is 0 Å². The Morgan fingerprint density at radius 2 is 1.29 bits per heavy atom. The quantitative estimate of drug-likeness (QED) is 0.234. The normalized spacial score (nSPS) is 12.6. The lowest BCUT2D eigenvalue weighted by atomic mass is 9.71. The van der Waals surface area contributed by atoms with Crippen molar-refractivity contribution in [1.82, 2.24) is 0 Å². The fourth-order valence-corrected chi connectivity index (χ4v) is 3.31. The molecular weight excluding hydrogens is 256 g/mol. The minimum Gasteiger partial charge on any atom is -0.388 e. The highest BCUT2D eigenvalue weighted by Gasteiger charge is 2.26. The van der Waals surface area contributed by atoms with Crippen LogP contribution in [-0.2, 0) is 0 Å². The lowest BCUT2D eigenvalue weighted by Gasteiger charge is -2.34. The van der Waals surface area contributed by atoms with Crippen LogP contribution in [0.3, 0.4) is 0 Å². The predicted molar refractivity (Wildman–Crippen MR) is 95.9 cm³/mol. The van der Waals surface area contributed by atoms with Gasteiger partial charge in [-0.3, -0.25) is 5.41 Å². The molecule has 0 aliphatic heterocycles. The zero-order chi connectivity index (χ0) is 16.4. The first-order valence-corrected chi connectivity index (χ1v) is 9.01. The van der Waals surface area contributed by atoms with Crippen LogP contribution in [0.2, 0.25) is 0 Å². The molecule has 2 nitrogen and oxygen atoms in total. The summed E-state index contributed by atoms with van der Waals surface area (Å²) in [4.78, 5) is 0. The maximum absolute atomic E-state index is 7.18. The van der Waals surface area contributed by atoms with Crippen LogP contribution < -0.4 is 5.73 Å². The van der Waals surface area contributed by atoms with Gasteiger partial charge in [0.1, 0.15) is 0 Å². The van der Waals surface area contributed by atoms with E-state index in [-0.39, 0.29) is 0 Å². The highest BCUT2D eigenvalue weighted by molar-refractivity contribution is 5.76. The molecule has 0 aromatic heterocycles. The van der Waals surface area contributed by atoms with Crippen LogP contribution in [0.25, 0.3) is 0 Å². The second-order valence-electron chi connectivity index (χ2n) is 8.36. The maximum Gasteiger partial charge on any atom is 0.0905 e. The summed E-state index contributed by atoms with van der Waals surface area (Å²) < 4.78 is 0. The van der Waals surface area contributed by atoms with Crippen molar-refractivity contribution in [2.45, 2.75) is 105 Å². The van der Waals surface area contributed by atoms with Gasteiger partial charge in [-0.1, -0.05) is 79.6 Å². The van der Waals surface area contributed by atoms with Gasteiger partial charge in [0.2, 0.25) is 0 Å². The average Bonchev–Trinajstić information content (AvgIpc) is 2.35. The van der Waals surface area contributed by atoms with Gasteiger partial charge in [-0.15, -0.1) is 0 Å². The third-order valence-electron chi connectivity index (χ3n) is 4.71. The molecule has 0 amide bonds. The molecule has 0 aromatic rings. The lowest BCUT2D eigenvalue weighted by molar-refractivity contribution is 0.173. The zero-order valence-corrected chi connectivity index (χ0v) is 15.4. The SMILES string of the molecule is CCC(C)(C)CC(C)(C)CCCCCCCCCC(=N)N. The summed E-state index contributed by atoms with van der Waals surface area (Å²) in [5, 5.41) is 7.18. The van der Waals surface area contributed by atoms with Crippen LogP contribution in [0.4, 0.5) is 0 Å². The van der Waals surface area contributed by atoms with E-state index >= 15 is 0 Å². The molecule has 2 heteroatoms. The van der Waals surface area contributed by atoms with E-state index in [0.29, 0.717) is 16.7 Å². The Morgan fingerprint density at radius 3 is 1.76 bits per heavy atom. The van der Waals surface area contributed by atoms with E-state index in [1.165, 1.54) is 57.8 Å². The van der Waals surface area contributed by atoms with Gasteiger partial charge in [0.25, 0.3) is 0 Å². The van der Waals surface area contributed by atoms with Gasteiger partial charge in [0.05, 0.1) is 5.84 Å². The highest BCUT2D eigenvalue weighted by atomic mass is 14.7. The molecule has 0 aliphatic carbocycles. The molecule has 0 rings (SSSR count). The summed E-state index contributed by atoms with van der Waals surface area (Å²) in [7, 11) is 0. The van der Waals surface area contributed by atoms with Crippen molar-refractivity contribution in [2.75, 3.05) is 0 Å². The van der Waals surface area contributed by atoms with Crippen LogP contribution in [0, 0.1) is 16.2 Å². The van der Waals surface area contributed by atoms with Crippen LogP contribution in [0.5, 0.6) is 0 Å². The number of hydrogen-bond acceptors (Lipinski definition) is 1. The highest BCUT2D eigenvalue weighted by Crippen LogP contribution is 2.39. The molecule has 126 valence electrons. The molecule has 0 spiro atoms. The molecule has 0 heterocycles. The molecule has 3 N–H and O–H groups in total. The Labute approximate surface area is 133 Å². The molecule has 0 bridgehead atoms. The van der Waals surface area contributed by atoms with Gasteiger partial charge in [-0.2, -0.15) is 0 Å². The van der Waals surface area contributed by atoms with Crippen LogP contribution >= 0.6 is 0 Å². The fourth-order valence-electron chi connectivity index (χ4n) is 3.31. The van der Waals surface area contributed by atoms with E-state index in [9.17, 15) is 0 Å². The molecule has 0 fully saturated rings. The first kappa shape index (κ1) is 20.5. The topological polar surface area (TPSA) is 49.9 Å². The second kappa shape index (κ2) is 10.2. The summed E-state index contributed by atoms with van der Waals surface area (Å²) in [5.74, 6) is 0.340. The van der Waals surface area contributed by atoms with E-state index in [4.69, 9.17) is 11.1 Å². The Hall–Kier alpha value is -0.530. The molecule has 0 radical (unpaired) electrons. The van der Waals surface area contributed by atoms with E-state index in [1.807, 2.05) is 0 Å². The van der Waals surface area contributed by atoms with Gasteiger partial charge in [-0.25, -0.2) is 0 Å². The monoisotopic (exact) mass is 296 g/mol. The van der Waals surface area contributed by atoms with Gasteiger partial charge >= 0.3 is 0 Å². The number of nitrogens with two attached hydrogens (primary N) is 1. The fraction of sp³-hybridized carbons (Fsp3) is 0.947. The Kier molecular flexibility index (Phi) is 9.98. The predicted octanol–water partition coefficient (Wildman–Crippen LogP) is 6.29. The van der Waals surface area contributed by atoms with Crippen molar-refractivity contribution in [1.29, 1.82) is 5.41 Å². The number of unbranched alkanes of at least 4 members (excludes halogenated alkanes) is 6. The lowest BCUT2D eigenvalue weighted by Crippen LogP contribution is -2.22. The maximum atomic E-state index is 7.18. The second-order valence-corrected chi connectivity index (χ2v) is 8.36. The molecule has 0 aliphatic rings. The number of hydrogen-bond donors (Lipinski definition) is 2. The van der Waals surface area contributed by atoms with Crippen molar-refractivity contribution in [2.24, 2.45) is 16.6 Å². The summed E-state index contributed by atoms with van der Waals surface area (Å²) in [5.41, 5.74) is 6.32. The van der Waals surface area contributed by atoms with E-state index in [2.05, 4.69) is 34.6 Å². The summed E-state index contributed by atoms with van der Waals surface area (Å²) in [6.07, 6.45) is 13.8. The summed E-state index contributed by atoms with van der Waals surface area (Å²) >= 11 is 0. The minimum atomic E-state index is 0.340. The van der Waals surface area contributed by atoms with E-state index < -0.39 is 0 Å². The Balaban J connectivity index is 3.55. The molecular formula is C19H40N2.